The molecular weight excluding hydrogens is 404 g/mol. The lowest BCUT2D eigenvalue weighted by Crippen LogP contribution is -2.15. The molecule has 0 bridgehead atoms. The lowest BCUT2D eigenvalue weighted by atomic mass is 10.1. The Morgan fingerprint density at radius 1 is 1.07 bits per heavy atom. The number of ether oxygens (including phenoxy) is 2. The molecule has 0 aliphatic heterocycles. The fraction of sp³-hybridized carbons (Fsp3) is 0.316. The normalized spacial score (nSPS) is 11.4. The fourth-order valence-electron chi connectivity index (χ4n) is 2.37. The van der Waals surface area contributed by atoms with E-state index < -0.39 is 24.3 Å². The molecule has 0 amide bonds. The predicted octanol–water partition coefficient (Wildman–Crippen LogP) is 6.47. The van der Waals surface area contributed by atoms with Crippen LogP contribution in [-0.4, -0.2) is 5.97 Å². The number of benzene rings is 2. The minimum absolute atomic E-state index is 0.0243. The highest BCUT2D eigenvalue weighted by molar-refractivity contribution is 6.34. The Balaban J connectivity index is 2.39. The standard InChI is InChI=1S/C19H17Cl2F3O3/c1-3-11-8-15(21)17(9-14(11)20)26-10-12-13(19(22,23)24)6-5-7-16(12)27-18(25)4-2/h5-9H,3-4,10H2,1-2H3. The highest BCUT2D eigenvalue weighted by Crippen LogP contribution is 2.38. The molecule has 8 heteroatoms. The molecule has 3 nitrogen and oxygen atoms in total. The van der Waals surface area contributed by atoms with Crippen LogP contribution in [-0.2, 0) is 24.0 Å². The Bertz CT molecular complexity index is 836. The number of rotatable bonds is 6. The van der Waals surface area contributed by atoms with E-state index in [1.807, 2.05) is 6.92 Å². The van der Waals surface area contributed by atoms with E-state index in [0.29, 0.717) is 11.4 Å². The summed E-state index contributed by atoms with van der Waals surface area (Å²) in [6.07, 6.45) is -3.97. The van der Waals surface area contributed by atoms with E-state index in [1.165, 1.54) is 18.2 Å². The lowest BCUT2D eigenvalue weighted by molar-refractivity contribution is -0.140. The van der Waals surface area contributed by atoms with Crippen LogP contribution in [0.15, 0.2) is 30.3 Å². The second-order valence-electron chi connectivity index (χ2n) is 5.62. The van der Waals surface area contributed by atoms with Crippen molar-refractivity contribution in [3.8, 4) is 11.5 Å². The van der Waals surface area contributed by atoms with Crippen molar-refractivity contribution in [1.82, 2.24) is 0 Å². The summed E-state index contributed by atoms with van der Waals surface area (Å²) < 4.78 is 50.6. The molecule has 27 heavy (non-hydrogen) atoms. The van der Waals surface area contributed by atoms with Crippen molar-refractivity contribution < 1.29 is 27.4 Å². The van der Waals surface area contributed by atoms with Gasteiger partial charge in [0.2, 0.25) is 0 Å². The maximum atomic E-state index is 13.4. The van der Waals surface area contributed by atoms with Crippen LogP contribution in [0.25, 0.3) is 0 Å². The first-order valence-corrected chi connectivity index (χ1v) is 8.93. The van der Waals surface area contributed by atoms with Gasteiger partial charge in [-0.25, -0.2) is 0 Å². The summed E-state index contributed by atoms with van der Waals surface area (Å²) in [6.45, 7) is 2.94. The van der Waals surface area contributed by atoms with Crippen LogP contribution < -0.4 is 9.47 Å². The maximum Gasteiger partial charge on any atom is 0.416 e. The smallest absolute Gasteiger partial charge is 0.416 e. The van der Waals surface area contributed by atoms with Crippen molar-refractivity contribution in [1.29, 1.82) is 0 Å². The number of hydrogen-bond acceptors (Lipinski definition) is 3. The Labute approximate surface area is 165 Å². The molecule has 0 atom stereocenters. The van der Waals surface area contributed by atoms with Gasteiger partial charge >= 0.3 is 12.1 Å². The van der Waals surface area contributed by atoms with Crippen molar-refractivity contribution in [3.05, 3.63) is 57.1 Å². The van der Waals surface area contributed by atoms with E-state index in [4.69, 9.17) is 32.7 Å². The minimum atomic E-state index is -4.64. The number of hydrogen-bond donors (Lipinski definition) is 0. The van der Waals surface area contributed by atoms with Gasteiger partial charge in [-0.1, -0.05) is 43.1 Å². The highest BCUT2D eigenvalue weighted by Gasteiger charge is 2.35. The number of aryl methyl sites for hydroxylation is 1. The molecule has 0 aliphatic rings. The molecular formula is C19H17Cl2F3O3. The number of esters is 1. The maximum absolute atomic E-state index is 13.4. The molecule has 0 spiro atoms. The molecule has 0 fully saturated rings. The van der Waals surface area contributed by atoms with Gasteiger partial charge in [0, 0.05) is 23.1 Å². The quantitative estimate of drug-likeness (QED) is 0.396. The first kappa shape index (κ1) is 21.4. The molecule has 2 rings (SSSR count). The van der Waals surface area contributed by atoms with Crippen molar-refractivity contribution in [2.75, 3.05) is 0 Å². The zero-order valence-electron chi connectivity index (χ0n) is 14.6. The molecule has 0 saturated heterocycles. The molecule has 0 aliphatic carbocycles. The van der Waals surface area contributed by atoms with E-state index in [1.54, 1.807) is 13.0 Å². The molecule has 0 heterocycles. The van der Waals surface area contributed by atoms with Crippen LogP contribution in [0.4, 0.5) is 13.2 Å². The van der Waals surface area contributed by atoms with Gasteiger partial charge in [0.1, 0.15) is 18.1 Å². The summed E-state index contributed by atoms with van der Waals surface area (Å²) in [7, 11) is 0. The molecule has 0 saturated carbocycles. The monoisotopic (exact) mass is 420 g/mol. The number of halogens is 5. The third-order valence-electron chi connectivity index (χ3n) is 3.80. The van der Waals surface area contributed by atoms with E-state index in [0.717, 1.165) is 11.6 Å². The second kappa shape index (κ2) is 8.85. The molecule has 0 radical (unpaired) electrons. The Morgan fingerprint density at radius 2 is 1.78 bits per heavy atom. The van der Waals surface area contributed by atoms with Crippen LogP contribution >= 0.6 is 23.2 Å². The van der Waals surface area contributed by atoms with Gasteiger partial charge in [-0.3, -0.25) is 4.79 Å². The van der Waals surface area contributed by atoms with Crippen LogP contribution in [0.1, 0.15) is 37.0 Å². The zero-order valence-corrected chi connectivity index (χ0v) is 16.1. The third-order valence-corrected chi connectivity index (χ3v) is 4.45. The van der Waals surface area contributed by atoms with E-state index in [2.05, 4.69) is 0 Å². The number of carbonyl (C=O) groups is 1. The summed E-state index contributed by atoms with van der Waals surface area (Å²) in [4.78, 5) is 11.6. The average Bonchev–Trinajstić information content (AvgIpc) is 2.61. The fourth-order valence-corrected chi connectivity index (χ4v) is 2.90. The summed E-state index contributed by atoms with van der Waals surface area (Å²) in [5.41, 5.74) is -0.447. The van der Waals surface area contributed by atoms with Gasteiger partial charge < -0.3 is 9.47 Å². The largest absolute Gasteiger partial charge is 0.487 e. The van der Waals surface area contributed by atoms with E-state index >= 15 is 0 Å². The lowest BCUT2D eigenvalue weighted by Gasteiger charge is -2.18. The topological polar surface area (TPSA) is 35.5 Å². The second-order valence-corrected chi connectivity index (χ2v) is 6.44. The van der Waals surface area contributed by atoms with Gasteiger partial charge in [0.25, 0.3) is 0 Å². The molecule has 2 aromatic carbocycles. The Hall–Kier alpha value is -1.92. The number of carbonyl (C=O) groups excluding carboxylic acids is 1. The molecule has 146 valence electrons. The SMILES string of the molecule is CCC(=O)Oc1cccc(C(F)(F)F)c1COc1cc(Cl)c(CC)cc1Cl. The summed E-state index contributed by atoms with van der Waals surface area (Å²) >= 11 is 12.2. The first-order valence-electron chi connectivity index (χ1n) is 8.17. The van der Waals surface area contributed by atoms with Crippen molar-refractivity contribution in [3.63, 3.8) is 0 Å². The van der Waals surface area contributed by atoms with Gasteiger partial charge in [0.05, 0.1) is 10.6 Å². The minimum Gasteiger partial charge on any atom is -0.487 e. The van der Waals surface area contributed by atoms with E-state index in [-0.39, 0.29) is 28.5 Å². The summed E-state index contributed by atoms with van der Waals surface area (Å²) in [5, 5.41) is 0.631. The Morgan fingerprint density at radius 3 is 2.37 bits per heavy atom. The first-order chi connectivity index (χ1) is 12.7. The van der Waals surface area contributed by atoms with Crippen molar-refractivity contribution >= 4 is 29.2 Å². The van der Waals surface area contributed by atoms with Crippen LogP contribution in [0.5, 0.6) is 11.5 Å². The van der Waals surface area contributed by atoms with Crippen molar-refractivity contribution in [2.45, 2.75) is 39.5 Å². The number of alkyl halides is 3. The van der Waals surface area contributed by atoms with Crippen LogP contribution in [0.3, 0.4) is 0 Å². The highest BCUT2D eigenvalue weighted by atomic mass is 35.5. The summed E-state index contributed by atoms with van der Waals surface area (Å²) in [6, 6.07) is 6.42. The van der Waals surface area contributed by atoms with Gasteiger partial charge in [-0.15, -0.1) is 0 Å². The van der Waals surface area contributed by atoms with Crippen LogP contribution in [0, 0.1) is 0 Å². The van der Waals surface area contributed by atoms with Crippen molar-refractivity contribution in [2.24, 2.45) is 0 Å². The van der Waals surface area contributed by atoms with E-state index in [9.17, 15) is 18.0 Å². The van der Waals surface area contributed by atoms with Crippen LogP contribution in [0.2, 0.25) is 10.0 Å². The molecule has 0 aromatic heterocycles. The average molecular weight is 421 g/mol. The van der Waals surface area contributed by atoms with Gasteiger partial charge in [-0.05, 0) is 30.2 Å². The summed E-state index contributed by atoms with van der Waals surface area (Å²) in [5.74, 6) is -0.711. The Kier molecular flexibility index (Phi) is 7.00. The molecule has 2 aromatic rings. The third kappa shape index (κ3) is 5.30. The zero-order chi connectivity index (χ0) is 20.2. The predicted molar refractivity (Wildman–Crippen MR) is 97.5 cm³/mol. The van der Waals surface area contributed by atoms with Gasteiger partial charge in [0.15, 0.2) is 0 Å². The molecule has 0 unspecified atom stereocenters. The molecule has 0 N–H and O–H groups in total. The van der Waals surface area contributed by atoms with Gasteiger partial charge in [-0.2, -0.15) is 13.2 Å².